The Morgan fingerprint density at radius 3 is 2.62 bits per heavy atom. The van der Waals surface area contributed by atoms with Gasteiger partial charge in [0.1, 0.15) is 11.2 Å². The monoisotopic (exact) mass is 291 g/mol. The van der Waals surface area contributed by atoms with Gasteiger partial charge in [0.25, 0.3) is 5.91 Å². The zero-order chi connectivity index (χ0) is 15.3. The summed E-state index contributed by atoms with van der Waals surface area (Å²) >= 11 is 0. The number of amidine groups is 1. The number of rotatable bonds is 4. The average Bonchev–Trinajstić information content (AvgIpc) is 3.21. The molecule has 2 aliphatic rings. The van der Waals surface area contributed by atoms with Gasteiger partial charge in [-0.25, -0.2) is 4.99 Å². The van der Waals surface area contributed by atoms with Crippen molar-refractivity contribution in [3.8, 4) is 0 Å². The van der Waals surface area contributed by atoms with Gasteiger partial charge in [-0.05, 0) is 25.0 Å². The second kappa shape index (κ2) is 4.59. The number of carbonyl (C=O) groups excluding carboxylic acids is 1. The molecule has 1 aromatic heterocycles. The summed E-state index contributed by atoms with van der Waals surface area (Å²) in [5, 5.41) is 2.79. The highest BCUT2D eigenvalue weighted by atomic mass is 17.4. The van der Waals surface area contributed by atoms with E-state index in [2.05, 4.69) is 15.3 Å². The molecule has 1 saturated heterocycles. The number of amides is 1. The molecule has 3 heterocycles. The van der Waals surface area contributed by atoms with Gasteiger partial charge >= 0.3 is 5.97 Å². The van der Waals surface area contributed by atoms with Gasteiger partial charge in [0, 0.05) is 13.3 Å². The first-order valence-corrected chi connectivity index (χ1v) is 6.72. The lowest BCUT2D eigenvalue weighted by Crippen LogP contribution is -2.41. The van der Waals surface area contributed by atoms with Gasteiger partial charge < -0.3 is 10.1 Å². The summed E-state index contributed by atoms with van der Waals surface area (Å²) in [7, 11) is 1.47. The van der Waals surface area contributed by atoms with Gasteiger partial charge in [-0.1, -0.05) is 13.8 Å². The highest BCUT2D eigenvalue weighted by Crippen LogP contribution is 2.42. The zero-order valence-corrected chi connectivity index (χ0v) is 12.3. The first-order valence-electron chi connectivity index (χ1n) is 6.72. The van der Waals surface area contributed by atoms with Crippen molar-refractivity contribution in [3.63, 3.8) is 0 Å². The van der Waals surface area contributed by atoms with E-state index in [0.29, 0.717) is 17.1 Å². The number of aliphatic imine (C=N–C) groups is 1. The van der Waals surface area contributed by atoms with E-state index in [4.69, 9.17) is 14.5 Å². The molecule has 1 aromatic rings. The maximum absolute atomic E-state index is 12.2. The van der Waals surface area contributed by atoms with E-state index in [1.54, 1.807) is 25.3 Å². The van der Waals surface area contributed by atoms with Gasteiger partial charge in [0.05, 0.1) is 5.56 Å². The molecule has 7 heteroatoms. The molecule has 1 unspecified atom stereocenters. The van der Waals surface area contributed by atoms with Crippen molar-refractivity contribution in [2.24, 2.45) is 10.9 Å². The zero-order valence-electron chi connectivity index (χ0n) is 12.3. The normalized spacial score (nSPS) is 26.7. The predicted molar refractivity (Wildman–Crippen MR) is 73.0 cm³/mol. The van der Waals surface area contributed by atoms with Crippen LogP contribution in [0.2, 0.25) is 0 Å². The van der Waals surface area contributed by atoms with E-state index in [0.717, 1.165) is 0 Å². The Balaban J connectivity index is 2.05. The maximum atomic E-state index is 12.2. The number of aromatic nitrogens is 1. The van der Waals surface area contributed by atoms with Crippen LogP contribution in [0.5, 0.6) is 0 Å². The third-order valence-corrected chi connectivity index (χ3v) is 4.03. The molecule has 2 aliphatic heterocycles. The minimum atomic E-state index is -1.26. The fraction of sp³-hybridized carbons (Fsp3) is 0.500. The topological polar surface area (TPSA) is 88.6 Å². The van der Waals surface area contributed by atoms with Crippen LogP contribution in [0.4, 0.5) is 0 Å². The van der Waals surface area contributed by atoms with Crippen molar-refractivity contribution in [1.82, 2.24) is 10.3 Å². The Morgan fingerprint density at radius 2 is 2.10 bits per heavy atom. The highest BCUT2D eigenvalue weighted by molar-refractivity contribution is 6.15. The van der Waals surface area contributed by atoms with E-state index in [1.807, 2.05) is 13.8 Å². The summed E-state index contributed by atoms with van der Waals surface area (Å²) in [4.78, 5) is 30.9. The quantitative estimate of drug-likeness (QED) is 0.662. The average molecular weight is 291 g/mol. The van der Waals surface area contributed by atoms with Crippen LogP contribution >= 0.6 is 0 Å². The van der Waals surface area contributed by atoms with Gasteiger partial charge in [-0.2, -0.15) is 9.78 Å². The molecule has 0 bridgehead atoms. The van der Waals surface area contributed by atoms with Crippen molar-refractivity contribution >= 4 is 11.7 Å². The third-order valence-electron chi connectivity index (χ3n) is 4.03. The lowest BCUT2D eigenvalue weighted by atomic mass is 9.89. The van der Waals surface area contributed by atoms with Crippen LogP contribution in [-0.2, 0) is 25.3 Å². The first-order chi connectivity index (χ1) is 9.93. The number of hydrogen-bond acceptors (Lipinski definition) is 6. The fourth-order valence-electron chi connectivity index (χ4n) is 2.20. The molecule has 0 saturated carbocycles. The SMILES string of the molecule is COC1(c2cccnc2C2=NC(C)(C(C)C)C(=O)N2)OO1. The van der Waals surface area contributed by atoms with Gasteiger partial charge in [0.2, 0.25) is 0 Å². The Labute approximate surface area is 122 Å². The van der Waals surface area contributed by atoms with Crippen LogP contribution in [0.3, 0.4) is 0 Å². The summed E-state index contributed by atoms with van der Waals surface area (Å²) in [6, 6.07) is 3.50. The summed E-state index contributed by atoms with van der Waals surface area (Å²) < 4.78 is 5.21. The molecule has 0 radical (unpaired) electrons. The minimum Gasteiger partial charge on any atom is -0.323 e. The fourth-order valence-corrected chi connectivity index (χ4v) is 2.20. The van der Waals surface area contributed by atoms with E-state index in [-0.39, 0.29) is 11.8 Å². The van der Waals surface area contributed by atoms with Crippen LogP contribution in [0, 0.1) is 5.92 Å². The molecule has 0 aliphatic carbocycles. The van der Waals surface area contributed by atoms with Crippen molar-refractivity contribution in [1.29, 1.82) is 0 Å². The summed E-state index contributed by atoms with van der Waals surface area (Å²) in [6.07, 6.45) is 1.62. The van der Waals surface area contributed by atoms with Crippen molar-refractivity contribution < 1.29 is 19.3 Å². The number of ether oxygens (including phenoxy) is 1. The van der Waals surface area contributed by atoms with Crippen LogP contribution < -0.4 is 5.32 Å². The number of pyridine rings is 1. The molecular weight excluding hydrogens is 274 g/mol. The largest absolute Gasteiger partial charge is 0.369 e. The molecule has 0 spiro atoms. The lowest BCUT2D eigenvalue weighted by Gasteiger charge is -2.21. The number of methoxy groups -OCH3 is 1. The number of hydrogen-bond donors (Lipinski definition) is 1. The summed E-state index contributed by atoms with van der Waals surface area (Å²) in [6.45, 7) is 5.71. The third kappa shape index (κ3) is 2.05. The highest BCUT2D eigenvalue weighted by Gasteiger charge is 2.55. The molecule has 1 atom stereocenters. The molecule has 1 fully saturated rings. The molecule has 21 heavy (non-hydrogen) atoms. The number of nitrogens with one attached hydrogen (secondary N) is 1. The molecule has 0 aromatic carbocycles. The Bertz CT molecular complexity index is 624. The van der Waals surface area contributed by atoms with E-state index >= 15 is 0 Å². The smallest absolute Gasteiger partial charge is 0.323 e. The minimum absolute atomic E-state index is 0.0620. The first kappa shape index (κ1) is 14.1. The van der Waals surface area contributed by atoms with Gasteiger partial charge in [-0.15, -0.1) is 0 Å². The van der Waals surface area contributed by atoms with E-state index in [9.17, 15) is 4.79 Å². The molecular formula is C14H17N3O4. The molecule has 1 amide bonds. The van der Waals surface area contributed by atoms with E-state index in [1.165, 1.54) is 7.11 Å². The van der Waals surface area contributed by atoms with Gasteiger partial charge in [-0.3, -0.25) is 9.78 Å². The number of carbonyl (C=O) groups is 1. The predicted octanol–water partition coefficient (Wildman–Crippen LogP) is 1.09. The van der Waals surface area contributed by atoms with Gasteiger partial charge in [0.15, 0.2) is 5.84 Å². The summed E-state index contributed by atoms with van der Waals surface area (Å²) in [5.41, 5.74) is 0.240. The lowest BCUT2D eigenvalue weighted by molar-refractivity contribution is -0.124. The molecule has 1 N–H and O–H groups in total. The number of nitrogens with zero attached hydrogens (tertiary/aromatic N) is 2. The van der Waals surface area contributed by atoms with Crippen molar-refractivity contribution in [2.45, 2.75) is 32.3 Å². The van der Waals surface area contributed by atoms with Crippen LogP contribution in [0.1, 0.15) is 32.0 Å². The maximum Gasteiger partial charge on any atom is 0.369 e. The second-order valence-electron chi connectivity index (χ2n) is 5.54. The standard InChI is InChI=1S/C14H17N3O4/c1-8(2)13(3)12(18)16-11(17-13)10-9(6-5-7-15-10)14(19-4)20-21-14/h5-8H,1-4H3,(H,16,17,18). The summed E-state index contributed by atoms with van der Waals surface area (Å²) in [5.74, 6) is -0.935. The van der Waals surface area contributed by atoms with E-state index < -0.39 is 11.5 Å². The van der Waals surface area contributed by atoms with Crippen molar-refractivity contribution in [3.05, 3.63) is 29.6 Å². The Morgan fingerprint density at radius 1 is 1.38 bits per heavy atom. The molecule has 3 rings (SSSR count). The molecule has 112 valence electrons. The van der Waals surface area contributed by atoms with Crippen LogP contribution in [0.25, 0.3) is 0 Å². The second-order valence-corrected chi connectivity index (χ2v) is 5.54. The Hall–Kier alpha value is -1.83. The molecule has 7 nitrogen and oxygen atoms in total. The van der Waals surface area contributed by atoms with Crippen molar-refractivity contribution in [2.75, 3.05) is 7.11 Å². The van der Waals surface area contributed by atoms with Crippen LogP contribution in [-0.4, -0.2) is 29.4 Å². The Kier molecular flexibility index (Phi) is 3.09. The van der Waals surface area contributed by atoms with Crippen LogP contribution in [0.15, 0.2) is 23.3 Å².